The molecule has 1 fully saturated rings. The molecule has 2 aromatic carbocycles. The highest BCUT2D eigenvalue weighted by molar-refractivity contribution is 5.59. The molecule has 0 aliphatic carbocycles. The van der Waals surface area contributed by atoms with Crippen molar-refractivity contribution in [2.45, 2.75) is 18.9 Å². The number of rotatable bonds is 7. The summed E-state index contributed by atoms with van der Waals surface area (Å²) in [4.78, 5) is 8.55. The van der Waals surface area contributed by atoms with Crippen molar-refractivity contribution in [3.8, 4) is 11.5 Å². The Hall–Kier alpha value is -3.12. The van der Waals surface area contributed by atoms with Crippen molar-refractivity contribution in [3.63, 3.8) is 0 Å². The molecular formula is C21H22N4O2. The normalized spacial score (nSPS) is 16.1. The molecule has 27 heavy (non-hydrogen) atoms. The summed E-state index contributed by atoms with van der Waals surface area (Å²) in [6.07, 6.45) is 4.05. The van der Waals surface area contributed by atoms with E-state index in [1.54, 1.807) is 6.33 Å². The second kappa shape index (κ2) is 8.51. The molecule has 6 nitrogen and oxygen atoms in total. The van der Waals surface area contributed by atoms with Crippen LogP contribution in [0.4, 0.5) is 17.3 Å². The maximum Gasteiger partial charge on any atom is 0.135 e. The number of para-hydroxylation sites is 1. The Morgan fingerprint density at radius 3 is 2.52 bits per heavy atom. The van der Waals surface area contributed by atoms with Gasteiger partial charge in [-0.15, -0.1) is 0 Å². The number of hydrogen-bond acceptors (Lipinski definition) is 6. The van der Waals surface area contributed by atoms with Gasteiger partial charge in [-0.3, -0.25) is 0 Å². The Labute approximate surface area is 158 Å². The molecule has 138 valence electrons. The third kappa shape index (κ3) is 4.95. The summed E-state index contributed by atoms with van der Waals surface area (Å²) in [6, 6.07) is 19.4. The molecule has 1 aromatic heterocycles. The first-order valence-electron chi connectivity index (χ1n) is 9.13. The van der Waals surface area contributed by atoms with Crippen molar-refractivity contribution in [3.05, 3.63) is 67.0 Å². The summed E-state index contributed by atoms with van der Waals surface area (Å²) in [7, 11) is 0. The number of nitrogens with one attached hydrogen (secondary N) is 2. The highest BCUT2D eigenvalue weighted by Gasteiger charge is 2.15. The Kier molecular flexibility index (Phi) is 5.45. The van der Waals surface area contributed by atoms with E-state index in [2.05, 4.69) is 20.6 Å². The van der Waals surface area contributed by atoms with Gasteiger partial charge in [0.05, 0.1) is 6.10 Å². The van der Waals surface area contributed by atoms with E-state index in [1.807, 2.05) is 60.7 Å². The molecule has 2 N–H and O–H groups in total. The molecule has 1 unspecified atom stereocenters. The van der Waals surface area contributed by atoms with Crippen LogP contribution in [0.3, 0.4) is 0 Å². The minimum atomic E-state index is 0.272. The maximum atomic E-state index is 5.81. The van der Waals surface area contributed by atoms with Gasteiger partial charge >= 0.3 is 0 Å². The number of anilines is 3. The molecule has 0 spiro atoms. The zero-order chi connectivity index (χ0) is 18.3. The minimum Gasteiger partial charge on any atom is -0.457 e. The third-order valence-corrected chi connectivity index (χ3v) is 4.31. The molecule has 0 saturated carbocycles. The van der Waals surface area contributed by atoms with Crippen molar-refractivity contribution >= 4 is 17.3 Å². The number of nitrogens with zero attached hydrogens (tertiary/aromatic N) is 2. The second-order valence-electron chi connectivity index (χ2n) is 6.37. The van der Waals surface area contributed by atoms with Crippen LogP contribution >= 0.6 is 0 Å². The summed E-state index contributed by atoms with van der Waals surface area (Å²) < 4.78 is 11.4. The van der Waals surface area contributed by atoms with Gasteiger partial charge in [0.15, 0.2) is 0 Å². The number of aromatic nitrogens is 2. The molecule has 0 amide bonds. The summed E-state index contributed by atoms with van der Waals surface area (Å²) in [5, 5.41) is 6.60. The van der Waals surface area contributed by atoms with Crippen LogP contribution < -0.4 is 15.4 Å². The monoisotopic (exact) mass is 362 g/mol. The topological polar surface area (TPSA) is 68.3 Å². The average Bonchev–Trinajstić information content (AvgIpc) is 3.23. The average molecular weight is 362 g/mol. The molecule has 2 heterocycles. The smallest absolute Gasteiger partial charge is 0.135 e. The van der Waals surface area contributed by atoms with Gasteiger partial charge in [0.2, 0.25) is 0 Å². The quantitative estimate of drug-likeness (QED) is 0.640. The third-order valence-electron chi connectivity index (χ3n) is 4.31. The standard InChI is InChI=1S/C21H22N4O2/c1-2-5-17(6-3-1)27-18-10-8-16(9-11-18)25-21-13-20(23-15-24-21)22-14-19-7-4-12-26-19/h1-3,5-6,8-11,13,15,19H,4,7,12,14H2,(H2,22,23,24,25). The zero-order valence-corrected chi connectivity index (χ0v) is 15.0. The highest BCUT2D eigenvalue weighted by atomic mass is 16.5. The fourth-order valence-electron chi connectivity index (χ4n) is 2.92. The molecule has 1 aliphatic heterocycles. The molecule has 1 atom stereocenters. The van der Waals surface area contributed by atoms with Crippen LogP contribution in [-0.2, 0) is 4.74 Å². The van der Waals surface area contributed by atoms with Gasteiger partial charge in [0.25, 0.3) is 0 Å². The van der Waals surface area contributed by atoms with Gasteiger partial charge < -0.3 is 20.1 Å². The second-order valence-corrected chi connectivity index (χ2v) is 6.37. The molecule has 0 radical (unpaired) electrons. The zero-order valence-electron chi connectivity index (χ0n) is 15.0. The molecular weight excluding hydrogens is 340 g/mol. The van der Waals surface area contributed by atoms with E-state index in [1.165, 1.54) is 0 Å². The first-order valence-corrected chi connectivity index (χ1v) is 9.13. The molecule has 1 saturated heterocycles. The maximum absolute atomic E-state index is 5.81. The lowest BCUT2D eigenvalue weighted by atomic mass is 10.2. The molecule has 4 rings (SSSR count). The van der Waals surface area contributed by atoms with Crippen molar-refractivity contribution in [1.82, 2.24) is 9.97 Å². The van der Waals surface area contributed by atoms with Crippen molar-refractivity contribution < 1.29 is 9.47 Å². The van der Waals surface area contributed by atoms with Crippen LogP contribution in [0.15, 0.2) is 67.0 Å². The number of benzene rings is 2. The minimum absolute atomic E-state index is 0.272. The lowest BCUT2D eigenvalue weighted by Gasteiger charge is -2.12. The van der Waals surface area contributed by atoms with E-state index in [0.717, 1.165) is 54.8 Å². The molecule has 3 aromatic rings. The van der Waals surface area contributed by atoms with Crippen molar-refractivity contribution in [1.29, 1.82) is 0 Å². The van der Waals surface area contributed by atoms with Crippen molar-refractivity contribution in [2.24, 2.45) is 0 Å². The van der Waals surface area contributed by atoms with Crippen LogP contribution in [0.25, 0.3) is 0 Å². The molecule has 0 bridgehead atoms. The van der Waals surface area contributed by atoms with Gasteiger partial charge in [0, 0.05) is 24.9 Å². The summed E-state index contributed by atoms with van der Waals surface area (Å²) in [6.45, 7) is 1.62. The summed E-state index contributed by atoms with van der Waals surface area (Å²) in [5.41, 5.74) is 0.930. The van der Waals surface area contributed by atoms with E-state index in [4.69, 9.17) is 9.47 Å². The van der Waals surface area contributed by atoms with Crippen LogP contribution in [0, 0.1) is 0 Å². The lowest BCUT2D eigenvalue weighted by Crippen LogP contribution is -2.19. The summed E-state index contributed by atoms with van der Waals surface area (Å²) >= 11 is 0. The van der Waals surface area contributed by atoms with Gasteiger partial charge in [-0.05, 0) is 49.2 Å². The number of ether oxygens (including phenoxy) is 2. The Morgan fingerprint density at radius 1 is 0.963 bits per heavy atom. The van der Waals surface area contributed by atoms with Crippen LogP contribution in [0.5, 0.6) is 11.5 Å². The van der Waals surface area contributed by atoms with Crippen LogP contribution in [-0.4, -0.2) is 29.2 Å². The highest BCUT2D eigenvalue weighted by Crippen LogP contribution is 2.24. The van der Waals surface area contributed by atoms with Gasteiger partial charge in [-0.1, -0.05) is 18.2 Å². The fraction of sp³-hybridized carbons (Fsp3) is 0.238. The van der Waals surface area contributed by atoms with E-state index in [0.29, 0.717) is 0 Å². The predicted octanol–water partition coefficient (Wildman–Crippen LogP) is 4.60. The first kappa shape index (κ1) is 17.3. The first-order chi connectivity index (χ1) is 13.3. The predicted molar refractivity (Wildman–Crippen MR) is 106 cm³/mol. The van der Waals surface area contributed by atoms with Crippen LogP contribution in [0.1, 0.15) is 12.8 Å². The van der Waals surface area contributed by atoms with E-state index >= 15 is 0 Å². The van der Waals surface area contributed by atoms with E-state index in [-0.39, 0.29) is 6.10 Å². The number of hydrogen-bond donors (Lipinski definition) is 2. The van der Waals surface area contributed by atoms with Gasteiger partial charge in [0.1, 0.15) is 29.5 Å². The fourth-order valence-corrected chi connectivity index (χ4v) is 2.92. The van der Waals surface area contributed by atoms with Gasteiger partial charge in [-0.25, -0.2) is 9.97 Å². The Bertz CT molecular complexity index is 850. The van der Waals surface area contributed by atoms with Crippen molar-refractivity contribution in [2.75, 3.05) is 23.8 Å². The van der Waals surface area contributed by atoms with Gasteiger partial charge in [-0.2, -0.15) is 0 Å². The largest absolute Gasteiger partial charge is 0.457 e. The van der Waals surface area contributed by atoms with E-state index in [9.17, 15) is 0 Å². The van der Waals surface area contributed by atoms with Crippen LogP contribution in [0.2, 0.25) is 0 Å². The molecule has 1 aliphatic rings. The Balaban J connectivity index is 1.35. The SMILES string of the molecule is c1ccc(Oc2ccc(Nc3cc(NCC4CCCO4)ncn3)cc2)cc1. The summed E-state index contributed by atoms with van der Waals surface area (Å²) in [5.74, 6) is 3.12. The lowest BCUT2D eigenvalue weighted by molar-refractivity contribution is 0.120. The van der Waals surface area contributed by atoms with E-state index < -0.39 is 0 Å². The molecule has 6 heteroatoms. The Morgan fingerprint density at radius 2 is 1.74 bits per heavy atom.